The number of hydrogen-bond acceptors (Lipinski definition) is 5. The zero-order valence-corrected chi connectivity index (χ0v) is 21.7. The summed E-state index contributed by atoms with van der Waals surface area (Å²) in [5, 5.41) is 5.18. The first-order valence-corrected chi connectivity index (χ1v) is 12.3. The van der Waals surface area contributed by atoms with Gasteiger partial charge in [-0.25, -0.2) is 9.18 Å². The number of ether oxygens (including phenoxy) is 2. The standard InChI is InChI=1S/C27H37FN4O4/c1-6-13-32-15-18(2)25(35-5)16-31(4)26(33)21-12-11-20(14-24(21)36-17-19(32)3)29-27(34)30-23-10-8-7-9-22(23)28/h7-12,14,18-19,25H,6,13,15-17H2,1-5H3,(H2,29,30,34)/t18-,19-,25+/m1/s1. The molecule has 8 nitrogen and oxygen atoms in total. The third kappa shape index (κ3) is 6.95. The van der Waals surface area contributed by atoms with Gasteiger partial charge in [0.2, 0.25) is 0 Å². The van der Waals surface area contributed by atoms with E-state index in [0.717, 1.165) is 19.5 Å². The number of methoxy groups -OCH3 is 1. The lowest BCUT2D eigenvalue weighted by Gasteiger charge is -2.35. The van der Waals surface area contributed by atoms with E-state index in [1.54, 1.807) is 49.4 Å². The van der Waals surface area contributed by atoms with Crippen molar-refractivity contribution in [2.24, 2.45) is 5.92 Å². The summed E-state index contributed by atoms with van der Waals surface area (Å²) in [6.07, 6.45) is 0.895. The summed E-state index contributed by atoms with van der Waals surface area (Å²) in [5.41, 5.74) is 0.891. The van der Waals surface area contributed by atoms with Crippen LogP contribution in [0.25, 0.3) is 0 Å². The summed E-state index contributed by atoms with van der Waals surface area (Å²) in [6.45, 7) is 8.96. The predicted octanol–water partition coefficient (Wildman–Crippen LogP) is 4.69. The topological polar surface area (TPSA) is 83.1 Å². The summed E-state index contributed by atoms with van der Waals surface area (Å²) in [4.78, 5) is 29.8. The highest BCUT2D eigenvalue weighted by molar-refractivity contribution is 6.01. The Morgan fingerprint density at radius 3 is 2.61 bits per heavy atom. The van der Waals surface area contributed by atoms with Crippen LogP contribution in [-0.4, -0.2) is 74.3 Å². The molecule has 1 aliphatic heterocycles. The number of rotatable bonds is 5. The van der Waals surface area contributed by atoms with Crippen molar-refractivity contribution in [2.75, 3.05) is 51.0 Å². The van der Waals surface area contributed by atoms with Gasteiger partial charge >= 0.3 is 6.03 Å². The fraction of sp³-hybridized carbons (Fsp3) is 0.481. The van der Waals surface area contributed by atoms with Crippen LogP contribution in [0.2, 0.25) is 0 Å². The Hall–Kier alpha value is -3.17. The normalized spacial score (nSPS) is 21.6. The number of likely N-dealkylation sites (N-methyl/N-ethyl adjacent to an activating group) is 1. The van der Waals surface area contributed by atoms with Gasteiger partial charge in [-0.05, 0) is 50.1 Å². The maximum absolute atomic E-state index is 13.9. The molecule has 9 heteroatoms. The largest absolute Gasteiger partial charge is 0.491 e. The number of nitrogens with zero attached hydrogens (tertiary/aromatic N) is 2. The number of nitrogens with one attached hydrogen (secondary N) is 2. The van der Waals surface area contributed by atoms with Gasteiger partial charge in [-0.1, -0.05) is 26.0 Å². The summed E-state index contributed by atoms with van der Waals surface area (Å²) >= 11 is 0. The third-order valence-corrected chi connectivity index (χ3v) is 6.47. The van der Waals surface area contributed by atoms with Crippen LogP contribution in [0, 0.1) is 11.7 Å². The molecule has 0 aliphatic carbocycles. The van der Waals surface area contributed by atoms with Crippen LogP contribution in [0.3, 0.4) is 0 Å². The summed E-state index contributed by atoms with van der Waals surface area (Å²) in [5.74, 6) is -0.129. The zero-order valence-electron chi connectivity index (χ0n) is 21.7. The number of benzene rings is 2. The van der Waals surface area contributed by atoms with Gasteiger partial charge in [-0.2, -0.15) is 0 Å². The van der Waals surface area contributed by atoms with Crippen molar-refractivity contribution in [2.45, 2.75) is 39.3 Å². The molecule has 0 unspecified atom stereocenters. The van der Waals surface area contributed by atoms with E-state index >= 15 is 0 Å². The highest BCUT2D eigenvalue weighted by Gasteiger charge is 2.28. The van der Waals surface area contributed by atoms with Crippen molar-refractivity contribution in [3.63, 3.8) is 0 Å². The van der Waals surface area contributed by atoms with E-state index in [-0.39, 0.29) is 29.7 Å². The van der Waals surface area contributed by atoms with E-state index in [9.17, 15) is 14.0 Å². The Morgan fingerprint density at radius 2 is 1.92 bits per heavy atom. The van der Waals surface area contributed by atoms with E-state index in [0.29, 0.717) is 30.2 Å². The van der Waals surface area contributed by atoms with Crippen molar-refractivity contribution in [3.05, 3.63) is 53.8 Å². The van der Waals surface area contributed by atoms with Crippen molar-refractivity contribution in [3.8, 4) is 5.75 Å². The molecule has 0 bridgehead atoms. The molecule has 0 saturated heterocycles. The Morgan fingerprint density at radius 1 is 1.17 bits per heavy atom. The Kier molecular flexibility index (Phi) is 9.66. The highest BCUT2D eigenvalue weighted by Crippen LogP contribution is 2.27. The maximum atomic E-state index is 13.9. The van der Waals surface area contributed by atoms with E-state index < -0.39 is 11.8 Å². The van der Waals surface area contributed by atoms with E-state index in [2.05, 4.69) is 36.3 Å². The van der Waals surface area contributed by atoms with Crippen molar-refractivity contribution in [1.82, 2.24) is 9.80 Å². The highest BCUT2D eigenvalue weighted by atomic mass is 19.1. The Bertz CT molecular complexity index is 1050. The van der Waals surface area contributed by atoms with Crippen LogP contribution in [0.1, 0.15) is 37.6 Å². The molecule has 2 aromatic rings. The molecule has 3 amide bonds. The molecule has 0 saturated carbocycles. The van der Waals surface area contributed by atoms with E-state index in [1.807, 2.05) is 0 Å². The van der Waals surface area contributed by atoms with Crippen LogP contribution in [0.5, 0.6) is 5.75 Å². The average molecular weight is 501 g/mol. The van der Waals surface area contributed by atoms with Crippen LogP contribution >= 0.6 is 0 Å². The molecule has 1 heterocycles. The van der Waals surface area contributed by atoms with Crippen LogP contribution in [0.15, 0.2) is 42.5 Å². The number of amides is 3. The monoisotopic (exact) mass is 500 g/mol. The fourth-order valence-electron chi connectivity index (χ4n) is 4.37. The molecule has 0 aromatic heterocycles. The summed E-state index contributed by atoms with van der Waals surface area (Å²) < 4.78 is 25.8. The molecular weight excluding hydrogens is 463 g/mol. The van der Waals surface area contributed by atoms with Gasteiger partial charge < -0.3 is 25.0 Å². The molecule has 196 valence electrons. The second kappa shape index (κ2) is 12.7. The molecular formula is C27H37FN4O4. The van der Waals surface area contributed by atoms with E-state index in [4.69, 9.17) is 9.47 Å². The minimum absolute atomic E-state index is 0.0705. The van der Waals surface area contributed by atoms with Gasteiger partial charge in [0.1, 0.15) is 18.2 Å². The van der Waals surface area contributed by atoms with Crippen molar-refractivity contribution < 1.29 is 23.5 Å². The first-order chi connectivity index (χ1) is 17.2. The van der Waals surface area contributed by atoms with Gasteiger partial charge in [0, 0.05) is 45.0 Å². The third-order valence-electron chi connectivity index (χ3n) is 6.47. The lowest BCUT2D eigenvalue weighted by molar-refractivity contribution is 0.0108. The molecule has 36 heavy (non-hydrogen) atoms. The number of fused-ring (bicyclic) bond motifs is 1. The molecule has 0 fully saturated rings. The molecule has 2 N–H and O–H groups in total. The molecule has 0 spiro atoms. The van der Waals surface area contributed by atoms with Crippen LogP contribution in [0.4, 0.5) is 20.6 Å². The Balaban J connectivity index is 1.86. The number of anilines is 2. The SMILES string of the molecule is CCCN1C[C@@H](C)[C@@H](OC)CN(C)C(=O)c2ccc(NC(=O)Nc3ccccc3F)cc2OC[C@H]1C. The van der Waals surface area contributed by atoms with Gasteiger partial charge in [0.05, 0.1) is 17.4 Å². The smallest absolute Gasteiger partial charge is 0.323 e. The molecule has 3 rings (SSSR count). The second-order valence-corrected chi connectivity index (χ2v) is 9.36. The van der Waals surface area contributed by atoms with Crippen LogP contribution in [-0.2, 0) is 4.74 Å². The van der Waals surface area contributed by atoms with Gasteiger partial charge in [-0.3, -0.25) is 9.69 Å². The minimum Gasteiger partial charge on any atom is -0.491 e. The fourth-order valence-corrected chi connectivity index (χ4v) is 4.37. The van der Waals surface area contributed by atoms with Crippen LogP contribution < -0.4 is 15.4 Å². The maximum Gasteiger partial charge on any atom is 0.323 e. The first-order valence-electron chi connectivity index (χ1n) is 12.3. The van der Waals surface area contributed by atoms with Gasteiger partial charge in [0.15, 0.2) is 0 Å². The first kappa shape index (κ1) is 27.4. The average Bonchev–Trinajstić information content (AvgIpc) is 2.85. The molecule has 2 aromatic carbocycles. The molecule has 1 aliphatic rings. The number of urea groups is 1. The van der Waals surface area contributed by atoms with E-state index in [1.165, 1.54) is 12.1 Å². The summed E-state index contributed by atoms with van der Waals surface area (Å²) in [6, 6.07) is 10.3. The molecule has 0 radical (unpaired) electrons. The van der Waals surface area contributed by atoms with Gasteiger partial charge in [0.25, 0.3) is 5.91 Å². The quantitative estimate of drug-likeness (QED) is 0.623. The summed E-state index contributed by atoms with van der Waals surface area (Å²) in [7, 11) is 3.43. The van der Waals surface area contributed by atoms with Gasteiger partial charge in [-0.15, -0.1) is 0 Å². The number of para-hydroxylation sites is 1. The lowest BCUT2D eigenvalue weighted by Crippen LogP contribution is -2.46. The van der Waals surface area contributed by atoms with Crippen molar-refractivity contribution in [1.29, 1.82) is 0 Å². The molecule has 3 atom stereocenters. The predicted molar refractivity (Wildman–Crippen MR) is 139 cm³/mol. The zero-order chi connectivity index (χ0) is 26.2. The second-order valence-electron chi connectivity index (χ2n) is 9.36. The van der Waals surface area contributed by atoms with Crippen molar-refractivity contribution >= 4 is 23.3 Å². The minimum atomic E-state index is -0.601. The number of carbonyl (C=O) groups is 2. The lowest BCUT2D eigenvalue weighted by atomic mass is 10.0. The number of carbonyl (C=O) groups excluding carboxylic acids is 2. The Labute approximate surface area is 212 Å². The number of hydrogen-bond donors (Lipinski definition) is 2. The number of halogens is 1.